The van der Waals surface area contributed by atoms with Gasteiger partial charge in [-0.1, -0.05) is 43.7 Å². The van der Waals surface area contributed by atoms with Gasteiger partial charge in [0.2, 0.25) is 5.95 Å². The standard InChI is InChI=1S/C24H29N3O/c1-18(13-19(2)28)14-21-10-7-20(8-11-21)9-12-23-16-26-24(27-17-23)25-15-22-5-3-4-6-22/h7-8,10-11,16-18,22H,3-6,13-15H2,1-2H3,(H,25,26,27). The number of Topliss-reactive ketones (excluding diaryl/α,β-unsaturated/α-hetero) is 1. The Morgan fingerprint density at radius 1 is 1.11 bits per heavy atom. The van der Waals surface area contributed by atoms with Crippen LogP contribution in [0.15, 0.2) is 36.7 Å². The van der Waals surface area contributed by atoms with E-state index in [0.29, 0.717) is 18.3 Å². The number of carbonyl (C=O) groups is 1. The molecule has 3 rings (SSSR count). The number of anilines is 1. The van der Waals surface area contributed by atoms with Crippen LogP contribution < -0.4 is 5.32 Å². The van der Waals surface area contributed by atoms with Crippen LogP contribution in [0.1, 0.15) is 62.6 Å². The summed E-state index contributed by atoms with van der Waals surface area (Å²) in [5.74, 6) is 8.35. The molecule has 1 atom stereocenters. The van der Waals surface area contributed by atoms with Gasteiger partial charge >= 0.3 is 0 Å². The lowest BCUT2D eigenvalue weighted by Crippen LogP contribution is -2.12. The Bertz CT molecular complexity index is 825. The fourth-order valence-corrected chi connectivity index (χ4v) is 3.77. The third-order valence-corrected chi connectivity index (χ3v) is 5.20. The van der Waals surface area contributed by atoms with Crippen molar-refractivity contribution in [3.63, 3.8) is 0 Å². The smallest absolute Gasteiger partial charge is 0.222 e. The summed E-state index contributed by atoms with van der Waals surface area (Å²) >= 11 is 0. The second-order valence-electron chi connectivity index (χ2n) is 7.99. The molecule has 0 spiro atoms. The van der Waals surface area contributed by atoms with E-state index in [1.54, 1.807) is 19.3 Å². The minimum atomic E-state index is 0.247. The van der Waals surface area contributed by atoms with Gasteiger partial charge in [-0.05, 0) is 55.7 Å². The molecule has 1 aromatic heterocycles. The highest BCUT2D eigenvalue weighted by atomic mass is 16.1. The minimum absolute atomic E-state index is 0.247. The summed E-state index contributed by atoms with van der Waals surface area (Å²) in [5.41, 5.74) is 3.01. The zero-order valence-corrected chi connectivity index (χ0v) is 16.9. The van der Waals surface area contributed by atoms with Gasteiger partial charge in [0.05, 0.1) is 5.56 Å². The van der Waals surface area contributed by atoms with Crippen molar-refractivity contribution >= 4 is 11.7 Å². The molecule has 2 aromatic rings. The molecule has 0 saturated heterocycles. The first-order valence-corrected chi connectivity index (χ1v) is 10.2. The van der Waals surface area contributed by atoms with Crippen LogP contribution >= 0.6 is 0 Å². The molecule has 1 heterocycles. The van der Waals surface area contributed by atoms with E-state index in [9.17, 15) is 4.79 Å². The van der Waals surface area contributed by atoms with Crippen molar-refractivity contribution in [1.29, 1.82) is 0 Å². The molecule has 1 fully saturated rings. The van der Waals surface area contributed by atoms with Crippen molar-refractivity contribution in [3.05, 3.63) is 53.3 Å². The summed E-state index contributed by atoms with van der Waals surface area (Å²) in [5, 5.41) is 3.33. The lowest BCUT2D eigenvalue weighted by Gasteiger charge is -2.09. The van der Waals surface area contributed by atoms with Gasteiger partial charge in [-0.2, -0.15) is 0 Å². The summed E-state index contributed by atoms with van der Waals surface area (Å²) in [4.78, 5) is 19.9. The van der Waals surface area contributed by atoms with Crippen molar-refractivity contribution in [2.75, 3.05) is 11.9 Å². The second-order valence-corrected chi connectivity index (χ2v) is 7.99. The average molecular weight is 376 g/mol. The van der Waals surface area contributed by atoms with Gasteiger partial charge in [0.15, 0.2) is 0 Å². The van der Waals surface area contributed by atoms with E-state index in [2.05, 4.69) is 46.2 Å². The van der Waals surface area contributed by atoms with E-state index in [1.807, 2.05) is 12.1 Å². The first-order valence-electron chi connectivity index (χ1n) is 10.2. The summed E-state index contributed by atoms with van der Waals surface area (Å²) in [6.07, 6.45) is 10.4. The van der Waals surface area contributed by atoms with Crippen LogP contribution in [0.3, 0.4) is 0 Å². The molecule has 28 heavy (non-hydrogen) atoms. The number of aromatic nitrogens is 2. The van der Waals surface area contributed by atoms with E-state index < -0.39 is 0 Å². The summed E-state index contributed by atoms with van der Waals surface area (Å²) in [6, 6.07) is 8.24. The number of benzene rings is 1. The predicted octanol–water partition coefficient (Wildman–Crippen LogP) is 4.64. The molecule has 0 aliphatic heterocycles. The topological polar surface area (TPSA) is 54.9 Å². The number of rotatable bonds is 7. The van der Waals surface area contributed by atoms with Gasteiger partial charge in [0, 0.05) is 30.9 Å². The van der Waals surface area contributed by atoms with Gasteiger partial charge in [0.1, 0.15) is 5.78 Å². The highest BCUT2D eigenvalue weighted by Gasteiger charge is 2.14. The third kappa shape index (κ3) is 6.49. The van der Waals surface area contributed by atoms with Crippen LogP contribution in [0.2, 0.25) is 0 Å². The molecule has 0 bridgehead atoms. The number of nitrogens with one attached hydrogen (secondary N) is 1. The fraction of sp³-hybridized carbons (Fsp3) is 0.458. The van der Waals surface area contributed by atoms with Gasteiger partial charge in [-0.3, -0.25) is 0 Å². The van der Waals surface area contributed by atoms with Crippen LogP contribution in [0, 0.1) is 23.7 Å². The van der Waals surface area contributed by atoms with Gasteiger partial charge in [-0.15, -0.1) is 0 Å². The van der Waals surface area contributed by atoms with E-state index in [4.69, 9.17) is 0 Å². The Balaban J connectivity index is 1.52. The molecule has 1 saturated carbocycles. The van der Waals surface area contributed by atoms with E-state index >= 15 is 0 Å². The summed E-state index contributed by atoms with van der Waals surface area (Å²) in [7, 11) is 0. The van der Waals surface area contributed by atoms with E-state index in [1.165, 1.54) is 31.2 Å². The SMILES string of the molecule is CC(=O)CC(C)Cc1ccc(C#Cc2cnc(NCC3CCCC3)nc2)cc1. The van der Waals surface area contributed by atoms with Crippen molar-refractivity contribution in [3.8, 4) is 11.8 Å². The van der Waals surface area contributed by atoms with Crippen molar-refractivity contribution in [1.82, 2.24) is 9.97 Å². The molecular weight excluding hydrogens is 346 g/mol. The Kier molecular flexibility index (Phi) is 7.19. The summed E-state index contributed by atoms with van der Waals surface area (Å²) in [6.45, 7) is 4.72. The van der Waals surface area contributed by atoms with Gasteiger partial charge in [-0.25, -0.2) is 9.97 Å². The fourth-order valence-electron chi connectivity index (χ4n) is 3.77. The molecule has 4 heteroatoms. The Morgan fingerprint density at radius 3 is 2.39 bits per heavy atom. The van der Waals surface area contributed by atoms with Crippen molar-refractivity contribution in [2.45, 2.75) is 52.4 Å². The Labute approximate surface area is 168 Å². The van der Waals surface area contributed by atoms with Crippen molar-refractivity contribution < 1.29 is 4.79 Å². The second kappa shape index (κ2) is 10.0. The largest absolute Gasteiger partial charge is 0.354 e. The normalized spacial score (nSPS) is 14.9. The van der Waals surface area contributed by atoms with Crippen LogP contribution in [0.4, 0.5) is 5.95 Å². The minimum Gasteiger partial charge on any atom is -0.354 e. The molecule has 1 aliphatic rings. The maximum Gasteiger partial charge on any atom is 0.222 e. The zero-order chi connectivity index (χ0) is 19.8. The third-order valence-electron chi connectivity index (χ3n) is 5.20. The first kappa shape index (κ1) is 20.1. The maximum atomic E-state index is 11.2. The number of hydrogen-bond acceptors (Lipinski definition) is 4. The van der Waals surface area contributed by atoms with Crippen LogP contribution in [0.5, 0.6) is 0 Å². The van der Waals surface area contributed by atoms with E-state index in [0.717, 1.165) is 30.0 Å². The molecular formula is C24H29N3O. The zero-order valence-electron chi connectivity index (χ0n) is 16.9. The van der Waals surface area contributed by atoms with Gasteiger partial charge < -0.3 is 10.1 Å². The molecule has 146 valence electrons. The molecule has 0 amide bonds. The molecule has 1 unspecified atom stereocenters. The Morgan fingerprint density at radius 2 is 1.75 bits per heavy atom. The quantitative estimate of drug-likeness (QED) is 0.717. The van der Waals surface area contributed by atoms with Crippen LogP contribution in [-0.4, -0.2) is 22.3 Å². The highest BCUT2D eigenvalue weighted by Crippen LogP contribution is 2.24. The van der Waals surface area contributed by atoms with E-state index in [-0.39, 0.29) is 5.78 Å². The molecule has 4 nitrogen and oxygen atoms in total. The lowest BCUT2D eigenvalue weighted by molar-refractivity contribution is -0.117. The first-order chi connectivity index (χ1) is 13.6. The molecule has 0 radical (unpaired) electrons. The molecule has 1 aliphatic carbocycles. The number of carbonyl (C=O) groups excluding carboxylic acids is 1. The van der Waals surface area contributed by atoms with Crippen molar-refractivity contribution in [2.24, 2.45) is 11.8 Å². The van der Waals surface area contributed by atoms with Gasteiger partial charge in [0.25, 0.3) is 0 Å². The number of hydrogen-bond donors (Lipinski definition) is 1. The predicted molar refractivity (Wildman–Crippen MR) is 113 cm³/mol. The maximum absolute atomic E-state index is 11.2. The Hall–Kier alpha value is -2.67. The highest BCUT2D eigenvalue weighted by molar-refractivity contribution is 5.75. The lowest BCUT2D eigenvalue weighted by atomic mass is 9.96. The average Bonchev–Trinajstić information content (AvgIpc) is 3.20. The number of nitrogens with zero attached hydrogens (tertiary/aromatic N) is 2. The molecule has 1 aromatic carbocycles. The summed E-state index contributed by atoms with van der Waals surface area (Å²) < 4.78 is 0. The van der Waals surface area contributed by atoms with Crippen LogP contribution in [-0.2, 0) is 11.2 Å². The molecule has 1 N–H and O–H groups in total. The monoisotopic (exact) mass is 375 g/mol. The van der Waals surface area contributed by atoms with Crippen LogP contribution in [0.25, 0.3) is 0 Å². The number of ketones is 1.